The van der Waals surface area contributed by atoms with Crippen LogP contribution in [0.1, 0.15) is 70.6 Å². The van der Waals surface area contributed by atoms with Crippen LogP contribution in [0.5, 0.6) is 0 Å². The lowest BCUT2D eigenvalue weighted by Crippen LogP contribution is -2.41. The Kier molecular flexibility index (Phi) is 4.22. The lowest BCUT2D eigenvalue weighted by molar-refractivity contribution is 0.226. The van der Waals surface area contributed by atoms with E-state index in [-0.39, 0.29) is 0 Å². The molecule has 2 saturated carbocycles. The van der Waals surface area contributed by atoms with Crippen molar-refractivity contribution in [1.82, 2.24) is 5.32 Å². The summed E-state index contributed by atoms with van der Waals surface area (Å²) in [7, 11) is 0. The largest absolute Gasteiger partial charge is 0.371 e. The van der Waals surface area contributed by atoms with Crippen LogP contribution in [0.25, 0.3) is 0 Å². The summed E-state index contributed by atoms with van der Waals surface area (Å²) in [6.07, 6.45) is 15.6. The van der Waals surface area contributed by atoms with Crippen molar-refractivity contribution in [3.63, 3.8) is 0 Å². The second-order valence-electron chi connectivity index (χ2n) is 6.53. The molecule has 2 nitrogen and oxygen atoms in total. The van der Waals surface area contributed by atoms with Crippen LogP contribution in [0, 0.1) is 11.8 Å². The lowest BCUT2D eigenvalue weighted by Gasteiger charge is -2.33. The number of nitrogens with zero attached hydrogens (tertiary/aromatic N) is 1. The number of aliphatic imine (C=N–C) groups is 1. The van der Waals surface area contributed by atoms with Crippen molar-refractivity contribution in [2.24, 2.45) is 16.8 Å². The Morgan fingerprint density at radius 1 is 0.833 bits per heavy atom. The fourth-order valence-electron chi connectivity index (χ4n) is 4.32. The molecule has 0 saturated heterocycles. The van der Waals surface area contributed by atoms with Crippen LogP contribution in [0.2, 0.25) is 0 Å². The summed E-state index contributed by atoms with van der Waals surface area (Å²) in [4.78, 5) is 4.68. The van der Waals surface area contributed by atoms with E-state index >= 15 is 0 Å². The van der Waals surface area contributed by atoms with E-state index < -0.39 is 0 Å². The fraction of sp³-hybridized carbons (Fsp3) is 0.938. The summed E-state index contributed by atoms with van der Waals surface area (Å²) in [5.74, 6) is 3.30. The van der Waals surface area contributed by atoms with Gasteiger partial charge in [-0.3, -0.25) is 4.99 Å². The van der Waals surface area contributed by atoms with Crippen molar-refractivity contribution in [3.8, 4) is 0 Å². The Balaban J connectivity index is 1.58. The molecule has 0 aromatic rings. The van der Waals surface area contributed by atoms with Crippen molar-refractivity contribution in [2.75, 3.05) is 6.54 Å². The van der Waals surface area contributed by atoms with Gasteiger partial charge >= 0.3 is 0 Å². The third-order valence-corrected chi connectivity index (χ3v) is 5.30. The van der Waals surface area contributed by atoms with Crippen molar-refractivity contribution in [3.05, 3.63) is 0 Å². The zero-order valence-corrected chi connectivity index (χ0v) is 11.7. The van der Waals surface area contributed by atoms with Gasteiger partial charge in [0.15, 0.2) is 0 Å². The minimum Gasteiger partial charge on any atom is -0.371 e. The predicted molar refractivity (Wildman–Crippen MR) is 77.0 cm³/mol. The second-order valence-corrected chi connectivity index (χ2v) is 6.53. The molecule has 3 rings (SSSR count). The molecule has 0 bridgehead atoms. The molecule has 2 fully saturated rings. The maximum atomic E-state index is 4.68. The molecule has 2 aliphatic carbocycles. The normalized spacial score (nSPS) is 34.3. The van der Waals surface area contributed by atoms with E-state index in [4.69, 9.17) is 0 Å². The van der Waals surface area contributed by atoms with Gasteiger partial charge in [0, 0.05) is 19.0 Å². The Morgan fingerprint density at radius 2 is 1.72 bits per heavy atom. The molecule has 1 aliphatic heterocycles. The summed E-state index contributed by atoms with van der Waals surface area (Å²) in [6, 6.07) is 0.755. The van der Waals surface area contributed by atoms with Crippen LogP contribution < -0.4 is 5.32 Å². The van der Waals surface area contributed by atoms with Gasteiger partial charge in [-0.25, -0.2) is 0 Å². The number of rotatable bonds is 2. The van der Waals surface area contributed by atoms with Crippen LogP contribution >= 0.6 is 0 Å². The van der Waals surface area contributed by atoms with Gasteiger partial charge in [-0.1, -0.05) is 38.5 Å². The molecule has 3 aliphatic rings. The third-order valence-electron chi connectivity index (χ3n) is 5.30. The topological polar surface area (TPSA) is 24.4 Å². The van der Waals surface area contributed by atoms with Gasteiger partial charge in [-0.05, 0) is 37.5 Å². The second kappa shape index (κ2) is 6.08. The molecule has 2 atom stereocenters. The quantitative estimate of drug-likeness (QED) is 0.787. The summed E-state index contributed by atoms with van der Waals surface area (Å²) in [5, 5.41) is 3.82. The van der Waals surface area contributed by atoms with Gasteiger partial charge in [0.05, 0.1) is 5.84 Å². The van der Waals surface area contributed by atoms with Gasteiger partial charge in [-0.15, -0.1) is 0 Å². The lowest BCUT2D eigenvalue weighted by atomic mass is 9.77. The zero-order valence-electron chi connectivity index (χ0n) is 11.7. The highest BCUT2D eigenvalue weighted by Crippen LogP contribution is 2.39. The first-order chi connectivity index (χ1) is 8.93. The first-order valence-electron chi connectivity index (χ1n) is 8.23. The molecular formula is C16H28N2. The van der Waals surface area contributed by atoms with Gasteiger partial charge < -0.3 is 5.32 Å². The molecular weight excluding hydrogens is 220 g/mol. The summed E-state index contributed by atoms with van der Waals surface area (Å²) in [5.41, 5.74) is 0. The van der Waals surface area contributed by atoms with E-state index in [1.165, 1.54) is 76.5 Å². The highest BCUT2D eigenvalue weighted by atomic mass is 15.0. The van der Waals surface area contributed by atoms with Crippen LogP contribution in [0.4, 0.5) is 0 Å². The van der Waals surface area contributed by atoms with Gasteiger partial charge in [0.1, 0.15) is 0 Å². The molecule has 1 N–H and O–H groups in total. The molecule has 0 aromatic carbocycles. The van der Waals surface area contributed by atoms with Crippen LogP contribution in [0.15, 0.2) is 4.99 Å². The first kappa shape index (κ1) is 12.5. The predicted octanol–water partition coefficient (Wildman–Crippen LogP) is 3.91. The molecule has 0 radical (unpaired) electrons. The molecule has 2 heteroatoms. The molecule has 0 amide bonds. The molecule has 0 spiro atoms. The van der Waals surface area contributed by atoms with E-state index in [2.05, 4.69) is 10.3 Å². The zero-order chi connectivity index (χ0) is 12.2. The smallest absolute Gasteiger partial charge is 0.0965 e. The number of nitrogens with one attached hydrogen (secondary N) is 1. The van der Waals surface area contributed by atoms with E-state index in [0.29, 0.717) is 0 Å². The van der Waals surface area contributed by atoms with Gasteiger partial charge in [-0.2, -0.15) is 0 Å². The average Bonchev–Trinajstić information content (AvgIpc) is 2.89. The van der Waals surface area contributed by atoms with Gasteiger partial charge in [0.2, 0.25) is 0 Å². The first-order valence-corrected chi connectivity index (χ1v) is 8.23. The fourth-order valence-corrected chi connectivity index (χ4v) is 4.32. The number of hydrogen-bond donors (Lipinski definition) is 1. The summed E-state index contributed by atoms with van der Waals surface area (Å²) >= 11 is 0. The van der Waals surface area contributed by atoms with Crippen molar-refractivity contribution in [1.29, 1.82) is 0 Å². The van der Waals surface area contributed by atoms with Crippen LogP contribution in [0.3, 0.4) is 0 Å². The summed E-state index contributed by atoms with van der Waals surface area (Å²) < 4.78 is 0. The number of amidine groups is 1. The minimum atomic E-state index is 0.755. The highest BCUT2D eigenvalue weighted by molar-refractivity contribution is 5.82. The highest BCUT2D eigenvalue weighted by Gasteiger charge is 2.34. The maximum Gasteiger partial charge on any atom is 0.0965 e. The number of hydrogen-bond acceptors (Lipinski definition) is 2. The SMILES string of the molecule is C1CCC([C@H]2CCC[C@H]2NC2=NCCCC2)CC1. The standard InChI is InChI=1S/C16H28N2/c1-2-7-13(8-3-1)14-9-6-10-15(14)18-16-11-4-5-12-17-16/h13-15H,1-12H2,(H,17,18)/t14-,15-/m1/s1. The monoisotopic (exact) mass is 248 g/mol. The summed E-state index contributed by atoms with van der Waals surface area (Å²) in [6.45, 7) is 1.06. The van der Waals surface area contributed by atoms with Crippen molar-refractivity contribution < 1.29 is 0 Å². The van der Waals surface area contributed by atoms with E-state index in [9.17, 15) is 0 Å². The molecule has 102 valence electrons. The minimum absolute atomic E-state index is 0.755. The Bertz CT molecular complexity index is 291. The molecule has 0 aromatic heterocycles. The third kappa shape index (κ3) is 2.89. The van der Waals surface area contributed by atoms with E-state index in [1.54, 1.807) is 0 Å². The van der Waals surface area contributed by atoms with Crippen LogP contribution in [-0.2, 0) is 0 Å². The molecule has 0 unspecified atom stereocenters. The van der Waals surface area contributed by atoms with E-state index in [1.807, 2.05) is 0 Å². The average molecular weight is 248 g/mol. The molecule has 1 heterocycles. The molecule has 18 heavy (non-hydrogen) atoms. The van der Waals surface area contributed by atoms with Gasteiger partial charge in [0.25, 0.3) is 0 Å². The Hall–Kier alpha value is -0.530. The Morgan fingerprint density at radius 3 is 2.50 bits per heavy atom. The maximum absolute atomic E-state index is 4.68. The van der Waals surface area contributed by atoms with Crippen LogP contribution in [-0.4, -0.2) is 18.4 Å². The van der Waals surface area contributed by atoms with E-state index in [0.717, 1.165) is 24.4 Å². The van der Waals surface area contributed by atoms with Crippen molar-refractivity contribution in [2.45, 2.75) is 76.7 Å². The van der Waals surface area contributed by atoms with Crippen molar-refractivity contribution >= 4 is 5.84 Å². The Labute approximate surface area is 112 Å².